The van der Waals surface area contributed by atoms with E-state index in [-0.39, 0.29) is 29.0 Å². The monoisotopic (exact) mass is 407 g/mol. The lowest BCUT2D eigenvalue weighted by Gasteiger charge is -2.13. The first kappa shape index (κ1) is 19.0. The molecule has 1 heterocycles. The number of halogens is 1. The summed E-state index contributed by atoms with van der Waals surface area (Å²) in [7, 11) is -2.16. The molecule has 1 aromatic rings. The normalized spacial score (nSPS) is 16.8. The fraction of sp³-hybridized carbons (Fsp3) is 0.286. The van der Waals surface area contributed by atoms with Gasteiger partial charge >= 0.3 is 10.1 Å². The fourth-order valence-corrected chi connectivity index (χ4v) is 3.82. The van der Waals surface area contributed by atoms with Crippen LogP contribution in [0.15, 0.2) is 17.0 Å². The van der Waals surface area contributed by atoms with Gasteiger partial charge in [0.05, 0.1) is 22.8 Å². The second kappa shape index (κ2) is 7.30. The molecule has 130 valence electrons. The van der Waals surface area contributed by atoms with Crippen LogP contribution < -0.4 is 8.92 Å². The van der Waals surface area contributed by atoms with Gasteiger partial charge in [-0.1, -0.05) is 35.6 Å². The van der Waals surface area contributed by atoms with Gasteiger partial charge in [-0.2, -0.15) is 8.42 Å². The number of thioether (sulfide) groups is 1. The van der Waals surface area contributed by atoms with E-state index >= 15 is 0 Å². The van der Waals surface area contributed by atoms with Gasteiger partial charge < -0.3 is 8.92 Å². The molecule has 0 aliphatic carbocycles. The molecular formula is C14H14ClNO5S3. The average Bonchev–Trinajstić information content (AvgIpc) is 2.69. The molecule has 1 fully saturated rings. The van der Waals surface area contributed by atoms with Crippen molar-refractivity contribution in [2.45, 2.75) is 6.92 Å². The maximum atomic E-state index is 12.1. The zero-order valence-electron chi connectivity index (χ0n) is 13.0. The first-order valence-corrected chi connectivity index (χ1v) is 10.1. The summed E-state index contributed by atoms with van der Waals surface area (Å²) >= 11 is 12.4. The quantitative estimate of drug-likeness (QED) is 0.422. The lowest BCUT2D eigenvalue weighted by Crippen LogP contribution is -2.22. The summed E-state index contributed by atoms with van der Waals surface area (Å²) in [6, 6.07) is 3.05. The molecule has 0 saturated carbocycles. The van der Waals surface area contributed by atoms with Crippen LogP contribution in [0.3, 0.4) is 0 Å². The number of hydrogen-bond acceptors (Lipinski definition) is 7. The molecule has 2 rings (SSSR count). The molecule has 0 unspecified atom stereocenters. The molecule has 0 aromatic heterocycles. The van der Waals surface area contributed by atoms with Crippen molar-refractivity contribution in [3.05, 3.63) is 27.6 Å². The molecule has 1 aromatic carbocycles. The number of nitrogens with zero attached hydrogens (tertiary/aromatic N) is 1. The standard InChI is InChI=1S/C14H14ClNO5S3/c1-4-20-10-6-8(5-9(15)12(10)21-24(3,18)19)7-11-13(17)16(2)14(22)23-11/h5-7H,4H2,1-3H3. The molecule has 10 heteroatoms. The van der Waals surface area contributed by atoms with Crippen LogP contribution in [0.2, 0.25) is 5.02 Å². The molecule has 1 saturated heterocycles. The third-order valence-corrected chi connectivity index (χ3v) is 5.09. The Morgan fingerprint density at radius 1 is 1.42 bits per heavy atom. The second-order valence-electron chi connectivity index (χ2n) is 4.79. The van der Waals surface area contributed by atoms with Crippen molar-refractivity contribution in [2.75, 3.05) is 19.9 Å². The third kappa shape index (κ3) is 4.41. The SMILES string of the molecule is CCOc1cc(C=C2SC(=S)N(C)C2=O)cc(Cl)c1OS(C)(=O)=O. The molecular weight excluding hydrogens is 394 g/mol. The Hall–Kier alpha value is -1.29. The van der Waals surface area contributed by atoms with Gasteiger partial charge in [-0.15, -0.1) is 0 Å². The first-order chi connectivity index (χ1) is 11.1. The van der Waals surface area contributed by atoms with Gasteiger partial charge in [0.15, 0.2) is 5.75 Å². The number of hydrogen-bond donors (Lipinski definition) is 0. The predicted octanol–water partition coefficient (Wildman–Crippen LogP) is 2.91. The van der Waals surface area contributed by atoms with Crippen molar-refractivity contribution in [3.8, 4) is 11.5 Å². The Bertz CT molecular complexity index is 835. The van der Waals surface area contributed by atoms with Crippen LogP contribution in [0, 0.1) is 0 Å². The van der Waals surface area contributed by atoms with Crippen molar-refractivity contribution in [2.24, 2.45) is 0 Å². The molecule has 0 atom stereocenters. The first-order valence-electron chi connectivity index (χ1n) is 6.69. The van der Waals surface area contributed by atoms with E-state index in [1.807, 2.05) is 0 Å². The number of ether oxygens (including phenoxy) is 1. The summed E-state index contributed by atoms with van der Waals surface area (Å²) in [6.45, 7) is 2.03. The van der Waals surface area contributed by atoms with Crippen molar-refractivity contribution in [1.29, 1.82) is 0 Å². The Kier molecular flexibility index (Phi) is 5.79. The fourth-order valence-electron chi connectivity index (χ4n) is 1.86. The maximum absolute atomic E-state index is 12.1. The van der Waals surface area contributed by atoms with Crippen molar-refractivity contribution in [3.63, 3.8) is 0 Å². The summed E-state index contributed by atoms with van der Waals surface area (Å²) in [6.07, 6.45) is 2.53. The van der Waals surface area contributed by atoms with E-state index in [0.29, 0.717) is 14.8 Å². The molecule has 6 nitrogen and oxygen atoms in total. The Morgan fingerprint density at radius 3 is 2.58 bits per heavy atom. The van der Waals surface area contributed by atoms with Crippen LogP contribution in [0.1, 0.15) is 12.5 Å². The third-order valence-electron chi connectivity index (χ3n) is 2.85. The Morgan fingerprint density at radius 2 is 2.08 bits per heavy atom. The molecule has 1 aliphatic heterocycles. The number of likely N-dealkylation sites (N-methyl/N-ethyl adjacent to an activating group) is 1. The largest absolute Gasteiger partial charge is 0.490 e. The molecule has 0 bridgehead atoms. The number of carbonyl (C=O) groups excluding carboxylic acids is 1. The van der Waals surface area contributed by atoms with Crippen LogP contribution in [0.25, 0.3) is 6.08 Å². The van der Waals surface area contributed by atoms with Crippen molar-refractivity contribution in [1.82, 2.24) is 4.90 Å². The van der Waals surface area contributed by atoms with E-state index in [1.54, 1.807) is 26.1 Å². The molecule has 0 spiro atoms. The summed E-state index contributed by atoms with van der Waals surface area (Å²) in [5.41, 5.74) is 0.568. The lowest BCUT2D eigenvalue weighted by molar-refractivity contribution is -0.121. The minimum atomic E-state index is -3.76. The Labute approximate surface area is 154 Å². The summed E-state index contributed by atoms with van der Waals surface area (Å²) in [5.74, 6) is -0.120. The average molecular weight is 408 g/mol. The van der Waals surface area contributed by atoms with Crippen LogP contribution in [0.4, 0.5) is 0 Å². The second-order valence-corrected chi connectivity index (χ2v) is 8.45. The smallest absolute Gasteiger partial charge is 0.306 e. The molecule has 0 radical (unpaired) electrons. The van der Waals surface area contributed by atoms with Crippen molar-refractivity contribution >= 4 is 62.0 Å². The van der Waals surface area contributed by atoms with Gasteiger partial charge in [0, 0.05) is 7.05 Å². The van der Waals surface area contributed by atoms with Gasteiger partial charge in [0.25, 0.3) is 5.91 Å². The number of thiocarbonyl (C=S) groups is 1. The molecule has 0 N–H and O–H groups in total. The van der Waals surface area contributed by atoms with Gasteiger partial charge in [0.2, 0.25) is 5.75 Å². The highest BCUT2D eigenvalue weighted by molar-refractivity contribution is 8.26. The lowest BCUT2D eigenvalue weighted by atomic mass is 10.2. The minimum absolute atomic E-state index is 0.0598. The minimum Gasteiger partial charge on any atom is -0.490 e. The van der Waals surface area contributed by atoms with E-state index in [4.69, 9.17) is 32.7 Å². The highest BCUT2D eigenvalue weighted by Gasteiger charge is 2.29. The Balaban J connectivity index is 2.47. The molecule has 1 aliphatic rings. The van der Waals surface area contributed by atoms with Crippen LogP contribution in [-0.4, -0.2) is 43.5 Å². The number of rotatable bonds is 5. The summed E-state index contributed by atoms with van der Waals surface area (Å²) < 4.78 is 33.5. The van der Waals surface area contributed by atoms with Gasteiger partial charge in [-0.25, -0.2) is 0 Å². The van der Waals surface area contributed by atoms with Crippen LogP contribution >= 0.6 is 35.6 Å². The van der Waals surface area contributed by atoms with Gasteiger partial charge in [-0.05, 0) is 30.7 Å². The van der Waals surface area contributed by atoms with Gasteiger partial charge in [0.1, 0.15) is 4.32 Å². The summed E-state index contributed by atoms with van der Waals surface area (Å²) in [5, 5.41) is 0.0598. The highest BCUT2D eigenvalue weighted by Crippen LogP contribution is 2.39. The van der Waals surface area contributed by atoms with Gasteiger partial charge in [-0.3, -0.25) is 9.69 Å². The number of carbonyl (C=O) groups is 1. The van der Waals surface area contributed by atoms with E-state index in [2.05, 4.69) is 0 Å². The van der Waals surface area contributed by atoms with Crippen LogP contribution in [0.5, 0.6) is 11.5 Å². The summed E-state index contributed by atoms with van der Waals surface area (Å²) in [4.78, 5) is 13.9. The van der Waals surface area contributed by atoms with E-state index < -0.39 is 10.1 Å². The molecule has 1 amide bonds. The predicted molar refractivity (Wildman–Crippen MR) is 99.0 cm³/mol. The van der Waals surface area contributed by atoms with E-state index in [0.717, 1.165) is 6.26 Å². The topological polar surface area (TPSA) is 72.9 Å². The number of benzene rings is 1. The van der Waals surface area contributed by atoms with Crippen molar-refractivity contribution < 1.29 is 22.1 Å². The molecule has 24 heavy (non-hydrogen) atoms. The highest BCUT2D eigenvalue weighted by atomic mass is 35.5. The zero-order valence-corrected chi connectivity index (χ0v) is 16.2. The van der Waals surface area contributed by atoms with E-state index in [1.165, 1.54) is 22.7 Å². The van der Waals surface area contributed by atoms with Crippen LogP contribution in [-0.2, 0) is 14.9 Å². The zero-order chi connectivity index (χ0) is 18.1. The maximum Gasteiger partial charge on any atom is 0.306 e. The van der Waals surface area contributed by atoms with E-state index in [9.17, 15) is 13.2 Å². The number of amides is 1.